The van der Waals surface area contributed by atoms with Crippen LogP contribution in [0.1, 0.15) is 5.56 Å². The van der Waals surface area contributed by atoms with E-state index in [-0.39, 0.29) is 11.7 Å². The third-order valence-corrected chi connectivity index (χ3v) is 4.89. The number of thiocarbonyl (C=S) groups is 1. The molecule has 0 bridgehead atoms. The van der Waals surface area contributed by atoms with Crippen LogP contribution in [0.5, 0.6) is 0 Å². The molecule has 0 radical (unpaired) electrons. The Hall–Kier alpha value is -1.28. The molecule has 0 N–H and O–H groups in total. The minimum Gasteiger partial charge on any atom is -0.379 e. The summed E-state index contributed by atoms with van der Waals surface area (Å²) in [6.45, 7) is 3.36. The number of thioether (sulfide) groups is 1. The molecule has 2 heterocycles. The number of amides is 1. The standard InChI is InChI=1S/C15H15FN2O2S2/c16-12-4-2-1-3-11(12)9-13-14(19)18(15(21)22-13)10-17-5-7-20-8-6-17/h1-4,9H,5-8,10H2. The van der Waals surface area contributed by atoms with E-state index in [1.54, 1.807) is 29.2 Å². The molecule has 0 atom stereocenters. The van der Waals surface area contributed by atoms with Crippen molar-refractivity contribution in [2.45, 2.75) is 0 Å². The summed E-state index contributed by atoms with van der Waals surface area (Å²) in [7, 11) is 0. The zero-order valence-corrected chi connectivity index (χ0v) is 13.5. The molecule has 0 unspecified atom stereocenters. The molecule has 1 aromatic rings. The normalized spacial score (nSPS) is 21.9. The van der Waals surface area contributed by atoms with Gasteiger partial charge in [0.25, 0.3) is 5.91 Å². The van der Waals surface area contributed by atoms with E-state index < -0.39 is 0 Å². The minimum atomic E-state index is -0.346. The van der Waals surface area contributed by atoms with Gasteiger partial charge in [0.05, 0.1) is 24.8 Å². The first-order chi connectivity index (χ1) is 10.6. The molecule has 0 spiro atoms. The molecule has 2 aliphatic rings. The molecule has 4 nitrogen and oxygen atoms in total. The van der Waals surface area contributed by atoms with Gasteiger partial charge in [-0.2, -0.15) is 0 Å². The average Bonchev–Trinajstić information content (AvgIpc) is 2.78. The second-order valence-electron chi connectivity index (χ2n) is 5.00. The summed E-state index contributed by atoms with van der Waals surface area (Å²) in [5, 5.41) is 0. The highest BCUT2D eigenvalue weighted by Gasteiger charge is 2.33. The van der Waals surface area contributed by atoms with E-state index in [1.807, 2.05) is 0 Å². The van der Waals surface area contributed by atoms with Gasteiger partial charge in [-0.25, -0.2) is 4.39 Å². The van der Waals surface area contributed by atoms with Crippen molar-refractivity contribution in [3.63, 3.8) is 0 Å². The van der Waals surface area contributed by atoms with Crippen LogP contribution in [-0.4, -0.2) is 53.0 Å². The number of halogens is 1. The van der Waals surface area contributed by atoms with Gasteiger partial charge in [0.2, 0.25) is 0 Å². The molecular formula is C15H15FN2O2S2. The maximum Gasteiger partial charge on any atom is 0.267 e. The summed E-state index contributed by atoms with van der Waals surface area (Å²) < 4.78 is 19.5. The summed E-state index contributed by atoms with van der Waals surface area (Å²) in [5.74, 6) is -0.509. The summed E-state index contributed by atoms with van der Waals surface area (Å²) in [4.78, 5) is 16.6. The van der Waals surface area contributed by atoms with Crippen molar-refractivity contribution in [2.24, 2.45) is 0 Å². The Kier molecular flexibility index (Phi) is 4.87. The molecular weight excluding hydrogens is 323 g/mol. The number of carbonyl (C=O) groups is 1. The maximum absolute atomic E-state index is 13.7. The van der Waals surface area contributed by atoms with Crippen molar-refractivity contribution in [3.8, 4) is 0 Å². The zero-order valence-electron chi connectivity index (χ0n) is 11.8. The third-order valence-electron chi connectivity index (χ3n) is 3.51. The lowest BCUT2D eigenvalue weighted by Crippen LogP contribution is -2.45. The molecule has 0 aliphatic carbocycles. The number of rotatable bonds is 3. The van der Waals surface area contributed by atoms with Crippen molar-refractivity contribution in [2.75, 3.05) is 33.0 Å². The smallest absolute Gasteiger partial charge is 0.267 e. The fourth-order valence-electron chi connectivity index (χ4n) is 2.30. The average molecular weight is 338 g/mol. The van der Waals surface area contributed by atoms with E-state index >= 15 is 0 Å². The van der Waals surface area contributed by atoms with Gasteiger partial charge in [-0.3, -0.25) is 14.6 Å². The van der Waals surface area contributed by atoms with Gasteiger partial charge in [0, 0.05) is 18.7 Å². The van der Waals surface area contributed by atoms with Crippen LogP contribution in [0.2, 0.25) is 0 Å². The fraction of sp³-hybridized carbons (Fsp3) is 0.333. The Balaban J connectivity index is 1.75. The Labute approximate surface area is 137 Å². The predicted molar refractivity (Wildman–Crippen MR) is 88.7 cm³/mol. The number of nitrogens with zero attached hydrogens (tertiary/aromatic N) is 2. The van der Waals surface area contributed by atoms with Crippen molar-refractivity contribution in [1.82, 2.24) is 9.80 Å². The second-order valence-corrected chi connectivity index (χ2v) is 6.68. The first kappa shape index (κ1) is 15.6. The molecule has 1 amide bonds. The first-order valence-corrected chi connectivity index (χ1v) is 8.17. The number of hydrogen-bond acceptors (Lipinski definition) is 5. The van der Waals surface area contributed by atoms with E-state index in [0.717, 1.165) is 13.1 Å². The molecule has 0 saturated carbocycles. The second kappa shape index (κ2) is 6.87. The van der Waals surface area contributed by atoms with E-state index in [2.05, 4.69) is 4.90 Å². The van der Waals surface area contributed by atoms with E-state index in [4.69, 9.17) is 17.0 Å². The molecule has 0 aromatic heterocycles. The summed E-state index contributed by atoms with van der Waals surface area (Å²) in [6, 6.07) is 6.38. The van der Waals surface area contributed by atoms with Gasteiger partial charge < -0.3 is 4.74 Å². The van der Waals surface area contributed by atoms with Gasteiger partial charge in [0.1, 0.15) is 10.1 Å². The minimum absolute atomic E-state index is 0.162. The SMILES string of the molecule is O=C1C(=Cc2ccccc2F)SC(=S)N1CN1CCOCC1. The van der Waals surface area contributed by atoms with Crippen molar-refractivity contribution in [1.29, 1.82) is 0 Å². The maximum atomic E-state index is 13.7. The number of benzene rings is 1. The van der Waals surface area contributed by atoms with Crippen LogP contribution in [0.25, 0.3) is 6.08 Å². The molecule has 3 rings (SSSR count). The van der Waals surface area contributed by atoms with Crippen molar-refractivity contribution in [3.05, 3.63) is 40.6 Å². The molecule has 2 fully saturated rings. The zero-order chi connectivity index (χ0) is 15.5. The molecule has 22 heavy (non-hydrogen) atoms. The lowest BCUT2D eigenvalue weighted by atomic mass is 10.2. The van der Waals surface area contributed by atoms with Crippen LogP contribution in [-0.2, 0) is 9.53 Å². The first-order valence-electron chi connectivity index (χ1n) is 6.95. The van der Waals surface area contributed by atoms with Gasteiger partial charge in [-0.15, -0.1) is 0 Å². The van der Waals surface area contributed by atoms with Crippen LogP contribution in [0, 0.1) is 5.82 Å². The Bertz CT molecular complexity index is 630. The number of hydrogen-bond donors (Lipinski definition) is 0. The highest BCUT2D eigenvalue weighted by Crippen LogP contribution is 2.33. The lowest BCUT2D eigenvalue weighted by Gasteiger charge is -2.29. The number of ether oxygens (including phenoxy) is 1. The Morgan fingerprint density at radius 2 is 2.05 bits per heavy atom. The van der Waals surface area contributed by atoms with Crippen molar-refractivity contribution < 1.29 is 13.9 Å². The van der Waals surface area contributed by atoms with Crippen molar-refractivity contribution >= 4 is 40.3 Å². The predicted octanol–water partition coefficient (Wildman–Crippen LogP) is 2.32. The highest BCUT2D eigenvalue weighted by molar-refractivity contribution is 8.26. The summed E-state index contributed by atoms with van der Waals surface area (Å²) >= 11 is 6.51. The van der Waals surface area contributed by atoms with Crippen LogP contribution < -0.4 is 0 Å². The highest BCUT2D eigenvalue weighted by atomic mass is 32.2. The Morgan fingerprint density at radius 1 is 1.32 bits per heavy atom. The van der Waals surface area contributed by atoms with Crippen LogP contribution >= 0.6 is 24.0 Å². The topological polar surface area (TPSA) is 32.8 Å². The molecule has 7 heteroatoms. The fourth-order valence-corrected chi connectivity index (χ4v) is 3.53. The van der Waals surface area contributed by atoms with E-state index in [9.17, 15) is 9.18 Å². The molecule has 2 aliphatic heterocycles. The molecule has 2 saturated heterocycles. The third kappa shape index (κ3) is 3.38. The van der Waals surface area contributed by atoms with Gasteiger partial charge in [0.15, 0.2) is 0 Å². The van der Waals surface area contributed by atoms with Crippen LogP contribution in [0.3, 0.4) is 0 Å². The quantitative estimate of drug-likeness (QED) is 0.624. The largest absolute Gasteiger partial charge is 0.379 e. The Morgan fingerprint density at radius 3 is 2.77 bits per heavy atom. The van der Waals surface area contributed by atoms with Gasteiger partial charge in [-0.1, -0.05) is 42.2 Å². The summed E-state index contributed by atoms with van der Waals surface area (Å²) in [5.41, 5.74) is 0.398. The number of carbonyl (C=O) groups excluding carboxylic acids is 1. The van der Waals surface area contributed by atoms with E-state index in [1.165, 1.54) is 17.8 Å². The lowest BCUT2D eigenvalue weighted by molar-refractivity contribution is -0.124. The monoisotopic (exact) mass is 338 g/mol. The number of morpholine rings is 1. The molecule has 116 valence electrons. The van der Waals surface area contributed by atoms with Gasteiger partial charge >= 0.3 is 0 Å². The van der Waals surface area contributed by atoms with E-state index in [0.29, 0.717) is 34.7 Å². The summed E-state index contributed by atoms with van der Waals surface area (Å²) in [6.07, 6.45) is 1.56. The molecule has 1 aromatic carbocycles. The van der Waals surface area contributed by atoms with Crippen LogP contribution in [0.4, 0.5) is 4.39 Å². The van der Waals surface area contributed by atoms with Crippen LogP contribution in [0.15, 0.2) is 29.2 Å². The van der Waals surface area contributed by atoms with Gasteiger partial charge in [-0.05, 0) is 12.1 Å².